The fourth-order valence-corrected chi connectivity index (χ4v) is 5.03. The molecule has 0 bridgehead atoms. The minimum absolute atomic E-state index is 0.0317. The molecular formula is C31H67N7O2. The number of hydrogen-bond donors (Lipinski definition) is 7. The number of carbonyl (C=O) groups is 2. The third-order valence-electron chi connectivity index (χ3n) is 7.60. The van der Waals surface area contributed by atoms with Crippen molar-refractivity contribution in [3.63, 3.8) is 0 Å². The zero-order valence-electron chi connectivity index (χ0n) is 25.9. The van der Waals surface area contributed by atoms with Crippen molar-refractivity contribution < 1.29 is 9.59 Å². The number of ketones is 1. The van der Waals surface area contributed by atoms with Crippen LogP contribution in [0.1, 0.15) is 122 Å². The third-order valence-corrected chi connectivity index (χ3v) is 7.60. The summed E-state index contributed by atoms with van der Waals surface area (Å²) in [6.45, 7) is 6.22. The van der Waals surface area contributed by atoms with E-state index in [0.717, 1.165) is 129 Å². The van der Waals surface area contributed by atoms with E-state index >= 15 is 0 Å². The van der Waals surface area contributed by atoms with Crippen molar-refractivity contribution in [1.82, 2.24) is 16.0 Å². The van der Waals surface area contributed by atoms with Gasteiger partial charge in [0.05, 0.1) is 6.04 Å². The Labute approximate surface area is 246 Å². The summed E-state index contributed by atoms with van der Waals surface area (Å²) in [5.41, 5.74) is 22.4. The van der Waals surface area contributed by atoms with Gasteiger partial charge in [-0.15, -0.1) is 0 Å². The number of amides is 1. The van der Waals surface area contributed by atoms with Gasteiger partial charge in [-0.2, -0.15) is 0 Å². The Morgan fingerprint density at radius 2 is 1.02 bits per heavy atom. The molecule has 0 heterocycles. The van der Waals surface area contributed by atoms with Gasteiger partial charge in [0.15, 0.2) is 0 Å². The van der Waals surface area contributed by atoms with E-state index in [9.17, 15) is 9.59 Å². The Morgan fingerprint density at radius 1 is 0.500 bits per heavy atom. The van der Waals surface area contributed by atoms with Crippen LogP contribution in [0.3, 0.4) is 0 Å². The highest BCUT2D eigenvalue weighted by Gasteiger charge is 2.18. The highest BCUT2D eigenvalue weighted by Crippen LogP contribution is 2.16. The lowest BCUT2D eigenvalue weighted by atomic mass is 9.95. The first kappa shape index (κ1) is 38.9. The number of Topliss-reactive ketones (excluding diaryl/α,β-unsaturated/α-hetero) is 1. The predicted molar refractivity (Wildman–Crippen MR) is 170 cm³/mol. The fourth-order valence-electron chi connectivity index (χ4n) is 5.03. The molecule has 0 spiro atoms. The summed E-state index contributed by atoms with van der Waals surface area (Å²) in [7, 11) is 0. The van der Waals surface area contributed by atoms with Gasteiger partial charge in [0.25, 0.3) is 0 Å². The maximum atomic E-state index is 12.8. The molecule has 0 aromatic rings. The van der Waals surface area contributed by atoms with Gasteiger partial charge < -0.3 is 38.9 Å². The van der Waals surface area contributed by atoms with Crippen LogP contribution in [0.2, 0.25) is 0 Å². The molecule has 11 N–H and O–H groups in total. The molecule has 0 fully saturated rings. The summed E-state index contributed by atoms with van der Waals surface area (Å²) in [5, 5.41) is 10.0. The molecule has 0 aromatic heterocycles. The smallest absolute Gasteiger partial charge is 0.223 e. The number of unbranched alkanes of at least 4 members (excludes halogenated alkanes) is 9. The zero-order chi connectivity index (χ0) is 29.5. The molecule has 0 aliphatic rings. The standard InChI is InChI=1S/C31H67N7O2/c32-20-10-5-1-3-7-18-29(37-27-15-23-35)30(39)19-8-4-2-6-12-26-38-31(40)28(16-9-11-21-33)17-13-24-36-25-14-22-34/h28-29,36-37H,1-27,32-35H2,(H,38,40). The largest absolute Gasteiger partial charge is 0.356 e. The Kier molecular flexibility index (Phi) is 30.0. The molecule has 0 aromatic carbocycles. The van der Waals surface area contributed by atoms with E-state index in [0.29, 0.717) is 31.8 Å². The van der Waals surface area contributed by atoms with Crippen LogP contribution in [0, 0.1) is 5.92 Å². The van der Waals surface area contributed by atoms with E-state index < -0.39 is 0 Å². The molecular weight excluding hydrogens is 502 g/mol. The van der Waals surface area contributed by atoms with Crippen LogP contribution < -0.4 is 38.9 Å². The van der Waals surface area contributed by atoms with Crippen molar-refractivity contribution in [3.8, 4) is 0 Å². The summed E-state index contributed by atoms with van der Waals surface area (Å²) in [5.74, 6) is 0.616. The second kappa shape index (κ2) is 30.8. The van der Waals surface area contributed by atoms with Crippen LogP contribution in [0.25, 0.3) is 0 Å². The average Bonchev–Trinajstić information content (AvgIpc) is 2.95. The van der Waals surface area contributed by atoms with Gasteiger partial charge in [-0.3, -0.25) is 9.59 Å². The summed E-state index contributed by atoms with van der Waals surface area (Å²) in [6, 6.07) is -0.0317. The lowest BCUT2D eigenvalue weighted by Crippen LogP contribution is -2.37. The lowest BCUT2D eigenvalue weighted by molar-refractivity contribution is -0.125. The molecule has 0 saturated carbocycles. The van der Waals surface area contributed by atoms with Gasteiger partial charge in [0.2, 0.25) is 5.91 Å². The van der Waals surface area contributed by atoms with Crippen molar-refractivity contribution in [2.75, 3.05) is 52.4 Å². The number of nitrogens with two attached hydrogens (primary N) is 4. The van der Waals surface area contributed by atoms with Crippen LogP contribution in [0.5, 0.6) is 0 Å². The molecule has 9 heteroatoms. The second-order valence-electron chi connectivity index (χ2n) is 11.3. The van der Waals surface area contributed by atoms with E-state index in [-0.39, 0.29) is 17.9 Å². The van der Waals surface area contributed by atoms with Gasteiger partial charge in [-0.1, -0.05) is 51.4 Å². The van der Waals surface area contributed by atoms with E-state index in [2.05, 4.69) is 16.0 Å². The highest BCUT2D eigenvalue weighted by atomic mass is 16.2. The Morgan fingerprint density at radius 3 is 1.75 bits per heavy atom. The number of rotatable bonds is 32. The molecule has 0 rings (SSSR count). The monoisotopic (exact) mass is 570 g/mol. The van der Waals surface area contributed by atoms with Crippen LogP contribution in [-0.2, 0) is 9.59 Å². The van der Waals surface area contributed by atoms with Gasteiger partial charge in [0, 0.05) is 18.9 Å². The van der Waals surface area contributed by atoms with Crippen molar-refractivity contribution >= 4 is 11.7 Å². The third kappa shape index (κ3) is 24.7. The van der Waals surface area contributed by atoms with E-state index in [4.69, 9.17) is 22.9 Å². The molecule has 0 radical (unpaired) electrons. The molecule has 2 unspecified atom stereocenters. The highest BCUT2D eigenvalue weighted by molar-refractivity contribution is 5.83. The van der Waals surface area contributed by atoms with Crippen molar-refractivity contribution in [2.24, 2.45) is 28.9 Å². The SMILES string of the molecule is NCCCCCCCC(NCCCN)C(=O)CCCCCCCNC(=O)C(CCCCN)CCCNCCCN. The Hall–Kier alpha value is -1.10. The minimum atomic E-state index is -0.0317. The van der Waals surface area contributed by atoms with E-state index in [1.54, 1.807) is 0 Å². The van der Waals surface area contributed by atoms with Crippen molar-refractivity contribution in [2.45, 2.75) is 128 Å². The summed E-state index contributed by atoms with van der Waals surface area (Å²) >= 11 is 0. The zero-order valence-corrected chi connectivity index (χ0v) is 25.9. The minimum Gasteiger partial charge on any atom is -0.356 e. The van der Waals surface area contributed by atoms with E-state index in [1.807, 2.05) is 0 Å². The topological polar surface area (TPSA) is 174 Å². The number of nitrogens with one attached hydrogen (secondary N) is 3. The maximum absolute atomic E-state index is 12.8. The average molecular weight is 570 g/mol. The molecule has 40 heavy (non-hydrogen) atoms. The van der Waals surface area contributed by atoms with Gasteiger partial charge >= 0.3 is 0 Å². The first-order chi connectivity index (χ1) is 19.6. The van der Waals surface area contributed by atoms with Crippen LogP contribution in [-0.4, -0.2) is 70.1 Å². The molecule has 0 aliphatic carbocycles. The molecule has 1 amide bonds. The molecule has 0 aliphatic heterocycles. The summed E-state index contributed by atoms with van der Waals surface area (Å²) in [6.07, 6.45) is 19.2. The quantitative estimate of drug-likeness (QED) is 0.0605. The van der Waals surface area contributed by atoms with Crippen molar-refractivity contribution in [3.05, 3.63) is 0 Å². The molecule has 2 atom stereocenters. The number of hydrogen-bond acceptors (Lipinski definition) is 8. The summed E-state index contributed by atoms with van der Waals surface area (Å²) < 4.78 is 0. The fraction of sp³-hybridized carbons (Fsp3) is 0.935. The van der Waals surface area contributed by atoms with Crippen LogP contribution in [0.4, 0.5) is 0 Å². The number of carbonyl (C=O) groups excluding carboxylic acids is 2. The van der Waals surface area contributed by atoms with Crippen LogP contribution in [0.15, 0.2) is 0 Å². The van der Waals surface area contributed by atoms with Gasteiger partial charge in [-0.05, 0) is 110 Å². The lowest BCUT2D eigenvalue weighted by Gasteiger charge is -2.18. The van der Waals surface area contributed by atoms with E-state index in [1.165, 1.54) is 19.3 Å². The van der Waals surface area contributed by atoms with Crippen molar-refractivity contribution in [1.29, 1.82) is 0 Å². The predicted octanol–water partition coefficient (Wildman–Crippen LogP) is 3.08. The van der Waals surface area contributed by atoms with Gasteiger partial charge in [0.1, 0.15) is 5.78 Å². The first-order valence-electron chi connectivity index (χ1n) is 16.6. The molecule has 9 nitrogen and oxygen atoms in total. The van der Waals surface area contributed by atoms with Gasteiger partial charge in [-0.25, -0.2) is 0 Å². The summed E-state index contributed by atoms with van der Waals surface area (Å²) in [4.78, 5) is 25.6. The molecule has 0 saturated heterocycles. The Bertz CT molecular complexity index is 518. The molecule has 238 valence electrons. The van der Waals surface area contributed by atoms with Crippen LogP contribution >= 0.6 is 0 Å². The maximum Gasteiger partial charge on any atom is 0.223 e. The normalized spacial score (nSPS) is 12.9. The second-order valence-corrected chi connectivity index (χ2v) is 11.3. The Balaban J connectivity index is 4.12. The first-order valence-corrected chi connectivity index (χ1v) is 16.6.